The van der Waals surface area contributed by atoms with Crippen molar-refractivity contribution in [1.29, 1.82) is 0 Å². The van der Waals surface area contributed by atoms with Crippen molar-refractivity contribution in [3.05, 3.63) is 30.6 Å². The predicted molar refractivity (Wildman–Crippen MR) is 72.4 cm³/mol. The lowest BCUT2D eigenvalue weighted by molar-refractivity contribution is 0.0730. The lowest BCUT2D eigenvalue weighted by Gasteiger charge is -2.21. The van der Waals surface area contributed by atoms with Crippen molar-refractivity contribution in [3.63, 3.8) is 0 Å². The van der Waals surface area contributed by atoms with Gasteiger partial charge in [-0.1, -0.05) is 6.08 Å². The average molecular weight is 251 g/mol. The third kappa shape index (κ3) is 3.13. The molecule has 1 rings (SSSR count). The monoisotopic (exact) mass is 251 g/mol. The van der Waals surface area contributed by atoms with E-state index in [-0.39, 0.29) is 25.1 Å². The Balaban J connectivity index is 3.03. The van der Waals surface area contributed by atoms with Gasteiger partial charge in [-0.05, 0) is 19.9 Å². The Morgan fingerprint density at radius 3 is 2.83 bits per heavy atom. The Morgan fingerprint density at radius 2 is 2.33 bits per heavy atom. The van der Waals surface area contributed by atoms with Crippen LogP contribution in [0.4, 0.5) is 5.69 Å². The molecule has 3 N–H and O–H groups in total. The van der Waals surface area contributed by atoms with Crippen LogP contribution in [0.2, 0.25) is 0 Å². The number of rotatable bonds is 6. The summed E-state index contributed by atoms with van der Waals surface area (Å²) in [6, 6.07) is 1.82. The van der Waals surface area contributed by atoms with E-state index in [2.05, 4.69) is 6.58 Å². The van der Waals surface area contributed by atoms with Gasteiger partial charge in [0, 0.05) is 25.3 Å². The highest BCUT2D eigenvalue weighted by Gasteiger charge is 2.19. The second-order valence-electron chi connectivity index (χ2n) is 4.42. The third-order valence-electron chi connectivity index (χ3n) is 2.65. The predicted octanol–water partition coefficient (Wildman–Crippen LogP) is 1.27. The average Bonchev–Trinajstić information content (AvgIpc) is 2.70. The molecule has 0 unspecified atom stereocenters. The van der Waals surface area contributed by atoms with Gasteiger partial charge in [0.05, 0.1) is 12.3 Å². The molecule has 0 atom stereocenters. The molecule has 100 valence electrons. The number of hydrogen-bond donors (Lipinski definition) is 2. The largest absolute Gasteiger partial charge is 0.397 e. The van der Waals surface area contributed by atoms with Crippen LogP contribution in [0.25, 0.3) is 0 Å². The molecule has 0 fully saturated rings. The molecular weight excluding hydrogens is 230 g/mol. The van der Waals surface area contributed by atoms with Crippen molar-refractivity contribution < 1.29 is 9.90 Å². The first-order chi connectivity index (χ1) is 8.51. The number of carbonyl (C=O) groups excluding carboxylic acids is 1. The van der Waals surface area contributed by atoms with Crippen LogP contribution in [0, 0.1) is 0 Å². The highest BCUT2D eigenvalue weighted by molar-refractivity contribution is 5.94. The van der Waals surface area contributed by atoms with Gasteiger partial charge in [0.25, 0.3) is 5.91 Å². The Bertz CT molecular complexity index is 424. The van der Waals surface area contributed by atoms with Gasteiger partial charge in [0.1, 0.15) is 5.69 Å². The lowest BCUT2D eigenvalue weighted by atomic mass is 10.3. The van der Waals surface area contributed by atoms with E-state index in [1.165, 1.54) is 0 Å². The molecular formula is C13H21N3O2. The molecule has 1 amide bonds. The van der Waals surface area contributed by atoms with Crippen molar-refractivity contribution in [2.45, 2.75) is 19.9 Å². The highest BCUT2D eigenvalue weighted by atomic mass is 16.3. The van der Waals surface area contributed by atoms with E-state index in [1.807, 2.05) is 18.4 Å². The second kappa shape index (κ2) is 6.26. The Hall–Kier alpha value is -1.75. The van der Waals surface area contributed by atoms with E-state index in [1.54, 1.807) is 23.2 Å². The maximum atomic E-state index is 12.4. The number of carbonyl (C=O) groups is 1. The van der Waals surface area contributed by atoms with Crippen molar-refractivity contribution in [1.82, 2.24) is 9.47 Å². The fourth-order valence-corrected chi connectivity index (χ4v) is 1.81. The molecule has 0 bridgehead atoms. The summed E-state index contributed by atoms with van der Waals surface area (Å²) in [5.41, 5.74) is 6.85. The zero-order valence-electron chi connectivity index (χ0n) is 11.0. The van der Waals surface area contributed by atoms with Crippen LogP contribution < -0.4 is 5.73 Å². The number of nitrogens with zero attached hydrogens (tertiary/aromatic N) is 2. The standard InChI is InChI=1S/C13H21N3O2/c1-4-5-15(6-7-17)13(18)12-8-11(14)9-16(12)10(2)3/h4,8-10,17H,1,5-7,14H2,2-3H3. The van der Waals surface area contributed by atoms with Crippen LogP contribution in [0.15, 0.2) is 24.9 Å². The zero-order valence-corrected chi connectivity index (χ0v) is 11.0. The first kappa shape index (κ1) is 14.3. The first-order valence-corrected chi connectivity index (χ1v) is 5.99. The lowest BCUT2D eigenvalue weighted by Crippen LogP contribution is -2.35. The minimum absolute atomic E-state index is 0.0720. The van der Waals surface area contributed by atoms with E-state index in [4.69, 9.17) is 10.8 Å². The second-order valence-corrected chi connectivity index (χ2v) is 4.42. The molecule has 0 aliphatic heterocycles. The number of anilines is 1. The van der Waals surface area contributed by atoms with Crippen molar-refractivity contribution in [2.75, 3.05) is 25.4 Å². The minimum Gasteiger partial charge on any atom is -0.397 e. The zero-order chi connectivity index (χ0) is 13.7. The summed E-state index contributed by atoms with van der Waals surface area (Å²) < 4.78 is 1.84. The summed E-state index contributed by atoms with van der Waals surface area (Å²) in [7, 11) is 0. The van der Waals surface area contributed by atoms with Gasteiger partial charge in [-0.25, -0.2) is 0 Å². The van der Waals surface area contributed by atoms with Crippen molar-refractivity contribution >= 4 is 11.6 Å². The maximum Gasteiger partial charge on any atom is 0.270 e. The van der Waals surface area contributed by atoms with Gasteiger partial charge in [-0.2, -0.15) is 0 Å². The molecule has 5 nitrogen and oxygen atoms in total. The molecule has 0 aromatic carbocycles. The third-order valence-corrected chi connectivity index (χ3v) is 2.65. The van der Waals surface area contributed by atoms with Crippen LogP contribution >= 0.6 is 0 Å². The normalized spacial score (nSPS) is 10.7. The molecule has 0 aliphatic carbocycles. The molecule has 0 saturated carbocycles. The van der Waals surface area contributed by atoms with E-state index >= 15 is 0 Å². The summed E-state index contributed by atoms with van der Waals surface area (Å²) >= 11 is 0. The quantitative estimate of drug-likeness (QED) is 0.748. The van der Waals surface area contributed by atoms with Crippen molar-refractivity contribution in [3.8, 4) is 0 Å². The fraction of sp³-hybridized carbons (Fsp3) is 0.462. The van der Waals surface area contributed by atoms with Crippen LogP contribution in [0.1, 0.15) is 30.4 Å². The number of aromatic nitrogens is 1. The van der Waals surface area contributed by atoms with E-state index < -0.39 is 0 Å². The van der Waals surface area contributed by atoms with Crippen LogP contribution in [-0.2, 0) is 0 Å². The number of nitrogen functional groups attached to an aromatic ring is 1. The Labute approximate surface area is 108 Å². The van der Waals surface area contributed by atoms with Crippen LogP contribution in [-0.4, -0.2) is 40.2 Å². The smallest absolute Gasteiger partial charge is 0.270 e. The van der Waals surface area contributed by atoms with Gasteiger partial charge in [0.15, 0.2) is 0 Å². The Morgan fingerprint density at radius 1 is 1.67 bits per heavy atom. The maximum absolute atomic E-state index is 12.4. The summed E-state index contributed by atoms with van der Waals surface area (Å²) in [4.78, 5) is 13.9. The summed E-state index contributed by atoms with van der Waals surface area (Å²) in [5, 5.41) is 8.98. The fourth-order valence-electron chi connectivity index (χ4n) is 1.81. The van der Waals surface area contributed by atoms with Crippen LogP contribution in [0.5, 0.6) is 0 Å². The van der Waals surface area contributed by atoms with Gasteiger partial charge < -0.3 is 20.3 Å². The summed E-state index contributed by atoms with van der Waals surface area (Å²) in [6.45, 7) is 8.21. The van der Waals surface area contributed by atoms with Crippen molar-refractivity contribution in [2.24, 2.45) is 0 Å². The number of aliphatic hydroxyl groups excluding tert-OH is 1. The van der Waals surface area contributed by atoms with Gasteiger partial charge in [0.2, 0.25) is 0 Å². The van der Waals surface area contributed by atoms with Gasteiger partial charge in [-0.15, -0.1) is 6.58 Å². The van der Waals surface area contributed by atoms with Gasteiger partial charge >= 0.3 is 0 Å². The van der Waals surface area contributed by atoms with Gasteiger partial charge in [-0.3, -0.25) is 4.79 Å². The topological polar surface area (TPSA) is 71.5 Å². The van der Waals surface area contributed by atoms with E-state index in [0.29, 0.717) is 17.9 Å². The van der Waals surface area contributed by atoms with E-state index in [9.17, 15) is 4.79 Å². The summed E-state index contributed by atoms with van der Waals surface area (Å²) in [5.74, 6) is -0.144. The minimum atomic E-state index is -0.144. The number of nitrogens with two attached hydrogens (primary N) is 1. The molecule has 0 aliphatic rings. The number of hydrogen-bond acceptors (Lipinski definition) is 3. The molecule has 0 radical (unpaired) electrons. The molecule has 18 heavy (non-hydrogen) atoms. The molecule has 1 aromatic heterocycles. The molecule has 1 heterocycles. The van der Waals surface area contributed by atoms with Crippen LogP contribution in [0.3, 0.4) is 0 Å². The SMILES string of the molecule is C=CCN(CCO)C(=O)c1cc(N)cn1C(C)C. The Kier molecular flexibility index (Phi) is 4.97. The first-order valence-electron chi connectivity index (χ1n) is 5.99. The molecule has 5 heteroatoms. The molecule has 1 aromatic rings. The number of aliphatic hydroxyl groups is 1. The highest BCUT2D eigenvalue weighted by Crippen LogP contribution is 2.18. The number of amides is 1. The summed E-state index contributed by atoms with van der Waals surface area (Å²) in [6.07, 6.45) is 3.39. The molecule has 0 saturated heterocycles. The molecule has 0 spiro atoms. The van der Waals surface area contributed by atoms with E-state index in [0.717, 1.165) is 0 Å².